The van der Waals surface area contributed by atoms with E-state index in [0.717, 1.165) is 44.9 Å². The predicted molar refractivity (Wildman–Crippen MR) is 130 cm³/mol. The smallest absolute Gasteiger partial charge is 0.325 e. The first-order valence-corrected chi connectivity index (χ1v) is 12.2. The van der Waals surface area contributed by atoms with Crippen LogP contribution in [0.2, 0.25) is 0 Å². The van der Waals surface area contributed by atoms with Gasteiger partial charge in [0.25, 0.3) is 0 Å². The average Bonchev–Trinajstić information content (AvgIpc) is 3.10. The van der Waals surface area contributed by atoms with Crippen LogP contribution in [0.3, 0.4) is 0 Å². The van der Waals surface area contributed by atoms with Gasteiger partial charge in [0.1, 0.15) is 11.8 Å². The lowest BCUT2D eigenvalue weighted by atomic mass is 9.67. The van der Waals surface area contributed by atoms with Crippen molar-refractivity contribution in [2.75, 3.05) is 32.1 Å². The molecule has 1 saturated heterocycles. The van der Waals surface area contributed by atoms with Gasteiger partial charge < -0.3 is 10.0 Å². The van der Waals surface area contributed by atoms with Gasteiger partial charge in [0.2, 0.25) is 0 Å². The number of nitrogens with zero attached hydrogens (tertiary/aromatic N) is 5. The fourth-order valence-corrected chi connectivity index (χ4v) is 6.18. The monoisotopic (exact) mass is 459 g/mol. The SMILES string of the molecule is CN(C)C1(c2ccccc2)CCC2(CC1)CN(c1ccc(C#N)nc1)C(=O)N2CC1(O)CCC1. The molecule has 0 unspecified atom stereocenters. The first kappa shape index (κ1) is 22.8. The number of hydrogen-bond acceptors (Lipinski definition) is 5. The van der Waals surface area contributed by atoms with Gasteiger partial charge in [0.05, 0.1) is 36.1 Å². The van der Waals surface area contributed by atoms with Gasteiger partial charge in [-0.3, -0.25) is 9.80 Å². The molecular weight excluding hydrogens is 426 g/mol. The molecule has 2 saturated carbocycles. The van der Waals surface area contributed by atoms with Crippen molar-refractivity contribution in [2.24, 2.45) is 0 Å². The summed E-state index contributed by atoms with van der Waals surface area (Å²) in [5.74, 6) is 0. The molecule has 7 heteroatoms. The van der Waals surface area contributed by atoms with Crippen LogP contribution in [-0.2, 0) is 5.54 Å². The molecule has 0 radical (unpaired) electrons. The van der Waals surface area contributed by atoms with E-state index in [-0.39, 0.29) is 17.1 Å². The van der Waals surface area contributed by atoms with Crippen LogP contribution < -0.4 is 4.90 Å². The third-order valence-corrected chi connectivity index (χ3v) is 8.57. The Balaban J connectivity index is 1.46. The predicted octanol–water partition coefficient (Wildman–Crippen LogP) is 3.88. The molecule has 1 aromatic heterocycles. The average molecular weight is 460 g/mol. The van der Waals surface area contributed by atoms with Crippen molar-refractivity contribution in [3.63, 3.8) is 0 Å². The number of hydrogen-bond donors (Lipinski definition) is 1. The molecule has 34 heavy (non-hydrogen) atoms. The van der Waals surface area contributed by atoms with Gasteiger partial charge in [-0.25, -0.2) is 9.78 Å². The van der Waals surface area contributed by atoms with Gasteiger partial charge in [0, 0.05) is 5.54 Å². The van der Waals surface area contributed by atoms with E-state index in [2.05, 4.69) is 54.3 Å². The highest BCUT2D eigenvalue weighted by atomic mass is 16.3. The fraction of sp³-hybridized carbons (Fsp3) is 0.519. The lowest BCUT2D eigenvalue weighted by Crippen LogP contribution is -2.59. The highest BCUT2D eigenvalue weighted by molar-refractivity contribution is 5.95. The number of urea groups is 1. The zero-order valence-electron chi connectivity index (χ0n) is 20.1. The van der Waals surface area contributed by atoms with Gasteiger partial charge in [-0.2, -0.15) is 5.26 Å². The fourth-order valence-electron chi connectivity index (χ4n) is 6.18. The third kappa shape index (κ3) is 3.66. The Labute approximate surface area is 201 Å². The summed E-state index contributed by atoms with van der Waals surface area (Å²) in [5.41, 5.74) is 1.18. The number of anilines is 1. The molecule has 2 heterocycles. The quantitative estimate of drug-likeness (QED) is 0.734. The molecule has 2 aliphatic carbocycles. The van der Waals surface area contributed by atoms with Crippen LogP contribution in [0.1, 0.15) is 56.2 Å². The van der Waals surface area contributed by atoms with Crippen LogP contribution in [0.25, 0.3) is 0 Å². The van der Waals surface area contributed by atoms with Gasteiger partial charge >= 0.3 is 6.03 Å². The largest absolute Gasteiger partial charge is 0.388 e. The number of aromatic nitrogens is 1. The van der Waals surface area contributed by atoms with Crippen molar-refractivity contribution in [1.82, 2.24) is 14.8 Å². The lowest BCUT2D eigenvalue weighted by Gasteiger charge is -2.52. The van der Waals surface area contributed by atoms with Crippen molar-refractivity contribution < 1.29 is 9.90 Å². The minimum absolute atomic E-state index is 0.0658. The molecular formula is C27H33N5O2. The number of carbonyl (C=O) groups excluding carboxylic acids is 1. The first-order chi connectivity index (χ1) is 16.3. The molecule has 7 nitrogen and oxygen atoms in total. The summed E-state index contributed by atoms with van der Waals surface area (Å²) in [4.78, 5) is 24.0. The van der Waals surface area contributed by atoms with Crippen LogP contribution in [0.4, 0.5) is 10.5 Å². The van der Waals surface area contributed by atoms with Gasteiger partial charge in [-0.1, -0.05) is 30.3 Å². The molecule has 0 atom stereocenters. The highest BCUT2D eigenvalue weighted by Crippen LogP contribution is 2.50. The zero-order chi connectivity index (χ0) is 24.0. The van der Waals surface area contributed by atoms with Crippen LogP contribution >= 0.6 is 0 Å². The second-order valence-electron chi connectivity index (χ2n) is 10.6. The molecule has 3 aliphatic rings. The Morgan fingerprint density at radius 1 is 1.06 bits per heavy atom. The molecule has 0 bridgehead atoms. The second-order valence-corrected chi connectivity index (χ2v) is 10.6. The maximum atomic E-state index is 13.8. The van der Waals surface area contributed by atoms with Crippen molar-refractivity contribution in [3.8, 4) is 6.07 Å². The van der Waals surface area contributed by atoms with Crippen LogP contribution in [-0.4, -0.2) is 64.2 Å². The zero-order valence-corrected chi connectivity index (χ0v) is 20.1. The van der Waals surface area contributed by atoms with Crippen molar-refractivity contribution >= 4 is 11.7 Å². The first-order valence-electron chi connectivity index (χ1n) is 12.2. The lowest BCUT2D eigenvalue weighted by molar-refractivity contribution is -0.0725. The number of aliphatic hydroxyl groups is 1. The minimum atomic E-state index is -0.781. The van der Waals surface area contributed by atoms with E-state index >= 15 is 0 Å². The number of carbonyl (C=O) groups is 1. The molecule has 3 fully saturated rings. The highest BCUT2D eigenvalue weighted by Gasteiger charge is 2.56. The summed E-state index contributed by atoms with van der Waals surface area (Å²) in [6.45, 7) is 0.958. The van der Waals surface area contributed by atoms with Crippen LogP contribution in [0.15, 0.2) is 48.7 Å². The molecule has 5 rings (SSSR count). The molecule has 1 aliphatic heterocycles. The van der Waals surface area contributed by atoms with E-state index in [1.165, 1.54) is 5.56 Å². The number of benzene rings is 1. The number of amides is 2. The van der Waals surface area contributed by atoms with E-state index in [0.29, 0.717) is 24.5 Å². The summed E-state index contributed by atoms with van der Waals surface area (Å²) >= 11 is 0. The van der Waals surface area contributed by atoms with Gasteiger partial charge in [-0.15, -0.1) is 0 Å². The van der Waals surface area contributed by atoms with Crippen molar-refractivity contribution in [3.05, 3.63) is 59.9 Å². The van der Waals surface area contributed by atoms with E-state index in [1.54, 1.807) is 23.2 Å². The molecule has 2 amide bonds. The minimum Gasteiger partial charge on any atom is -0.388 e. The summed E-state index contributed by atoms with van der Waals surface area (Å²) in [7, 11) is 4.29. The molecule has 1 aromatic carbocycles. The maximum absolute atomic E-state index is 13.8. The molecule has 2 aromatic rings. The van der Waals surface area contributed by atoms with E-state index < -0.39 is 5.60 Å². The summed E-state index contributed by atoms with van der Waals surface area (Å²) < 4.78 is 0. The molecule has 1 spiro atoms. The summed E-state index contributed by atoms with van der Waals surface area (Å²) in [5, 5.41) is 20.1. The van der Waals surface area contributed by atoms with Crippen LogP contribution in [0, 0.1) is 11.3 Å². The standard InChI is InChI=1S/C27H33N5O2/c1-30(2)27(21-7-4-3-5-8-21)15-13-25(14-16-27)19-31(23-10-9-22(17-28)29-18-23)24(33)32(25)20-26(34)11-6-12-26/h3-5,7-10,18,34H,6,11-16,19-20H2,1-2H3. The van der Waals surface area contributed by atoms with E-state index in [9.17, 15) is 9.90 Å². The Morgan fingerprint density at radius 2 is 1.76 bits per heavy atom. The number of β-amino-alcohol motifs (C(OH)–C–C–N with tert-alkyl or cyclic N) is 1. The van der Waals surface area contributed by atoms with E-state index in [4.69, 9.17) is 5.26 Å². The van der Waals surface area contributed by atoms with Crippen molar-refractivity contribution in [2.45, 2.75) is 61.6 Å². The van der Waals surface area contributed by atoms with Gasteiger partial charge in [-0.05, 0) is 76.7 Å². The summed E-state index contributed by atoms with van der Waals surface area (Å²) in [6.07, 6.45) is 7.71. The number of rotatable bonds is 5. The normalized spacial score (nSPS) is 28.3. The topological polar surface area (TPSA) is 83.7 Å². The second kappa shape index (κ2) is 8.37. The number of nitriles is 1. The van der Waals surface area contributed by atoms with Crippen molar-refractivity contribution in [1.29, 1.82) is 5.26 Å². The van der Waals surface area contributed by atoms with E-state index in [1.807, 2.05) is 11.0 Å². The Kier molecular flexibility index (Phi) is 5.62. The Morgan fingerprint density at radius 3 is 2.29 bits per heavy atom. The Bertz CT molecular complexity index is 1080. The van der Waals surface area contributed by atoms with Crippen LogP contribution in [0.5, 0.6) is 0 Å². The van der Waals surface area contributed by atoms with Gasteiger partial charge in [0.15, 0.2) is 0 Å². The third-order valence-electron chi connectivity index (χ3n) is 8.57. The Hall–Kier alpha value is -2.95. The molecule has 178 valence electrons. The summed E-state index contributed by atoms with van der Waals surface area (Å²) in [6, 6.07) is 16.1. The maximum Gasteiger partial charge on any atom is 0.325 e. The molecule has 1 N–H and O–H groups in total. The number of pyridine rings is 1.